The molecule has 2 aliphatic heterocycles. The van der Waals surface area contributed by atoms with Crippen LogP contribution in [0.1, 0.15) is 56.8 Å². The minimum absolute atomic E-state index is 0. The molecule has 0 radical (unpaired) electrons. The third-order valence-electron chi connectivity index (χ3n) is 8.06. The Morgan fingerprint density at radius 3 is 1.27 bits per heavy atom. The molecule has 2 heterocycles. The molecule has 49 heavy (non-hydrogen) atoms. The van der Waals surface area contributed by atoms with Crippen molar-refractivity contribution in [2.45, 2.75) is 77.8 Å². The van der Waals surface area contributed by atoms with Crippen LogP contribution in [-0.4, -0.2) is 84.4 Å². The van der Waals surface area contributed by atoms with Gasteiger partial charge in [0.15, 0.2) is 0 Å². The Hall–Kier alpha value is 2.17. The standard InChI is InChI=1S/C14H22BNO4S.C13H20BNO4S.CH3I.CH2O3.2Cs.H/c1-13(2)14(3,4)20-15(19-13)11-7-9-12(10-8-11)16(5)21(6,17)18;1-12(2)13(3,4)19-14(18-12)10-6-8-11(9-7-10)15-20(5,16)17;1-2;2-1-4-3;;;/h7-10H,1-6H3;6-9,15H,1-5H3;1H3;1,3H;;;/q;;;;2*+1;-1/p-1. The maximum atomic E-state index is 11.5. The number of sulfonamides is 2. The first-order valence-corrected chi connectivity index (χ1v) is 20.2. The van der Waals surface area contributed by atoms with Crippen molar-refractivity contribution in [2.24, 2.45) is 0 Å². The number of carbonyl (C=O) groups excluding carboxylic acids is 1. The summed E-state index contributed by atoms with van der Waals surface area (Å²) in [7, 11) is -5.86. The van der Waals surface area contributed by atoms with E-state index in [0.29, 0.717) is 11.4 Å². The number of nitrogens with zero attached hydrogens (tertiary/aromatic N) is 1. The smallest absolute Gasteiger partial charge is 1.00 e. The topological polar surface area (TPSA) is 170 Å². The van der Waals surface area contributed by atoms with E-state index in [1.165, 1.54) is 17.6 Å². The van der Waals surface area contributed by atoms with E-state index in [-0.39, 0.29) is 168 Å². The van der Waals surface area contributed by atoms with Gasteiger partial charge in [-0.3, -0.25) is 13.8 Å². The van der Waals surface area contributed by atoms with Gasteiger partial charge in [-0.25, -0.2) is 16.8 Å². The summed E-state index contributed by atoms with van der Waals surface area (Å²) in [5.74, 6) is 0. The van der Waals surface area contributed by atoms with Gasteiger partial charge in [0.2, 0.25) is 20.0 Å². The van der Waals surface area contributed by atoms with Gasteiger partial charge in [-0.2, -0.15) is 0 Å². The first kappa shape index (κ1) is 53.3. The van der Waals surface area contributed by atoms with E-state index in [9.17, 15) is 16.8 Å². The molecule has 0 bridgehead atoms. The summed E-state index contributed by atoms with van der Waals surface area (Å²) in [6, 6.07) is 14.2. The summed E-state index contributed by atoms with van der Waals surface area (Å²) in [5.41, 5.74) is 1.31. The van der Waals surface area contributed by atoms with Crippen molar-refractivity contribution in [1.82, 2.24) is 0 Å². The summed E-state index contributed by atoms with van der Waals surface area (Å²) >= 11 is 2.15. The van der Waals surface area contributed by atoms with Crippen LogP contribution in [0.4, 0.5) is 11.4 Å². The summed E-state index contributed by atoms with van der Waals surface area (Å²) in [6.45, 7) is 15.8. The number of hydrogen-bond donors (Lipinski definition) is 1. The molecule has 1 N–H and O–H groups in total. The van der Waals surface area contributed by atoms with Crippen molar-refractivity contribution in [2.75, 3.05) is 33.5 Å². The zero-order valence-corrected chi connectivity index (χ0v) is 47.3. The monoisotopic (exact) mass is 1080 g/mol. The number of anilines is 2. The molecular weight excluding hydrogens is 1030 g/mol. The molecule has 2 aromatic rings. The van der Waals surface area contributed by atoms with E-state index in [1.54, 1.807) is 36.4 Å². The van der Waals surface area contributed by atoms with Crippen molar-refractivity contribution in [3.05, 3.63) is 48.5 Å². The Morgan fingerprint density at radius 2 is 1.02 bits per heavy atom. The van der Waals surface area contributed by atoms with Crippen LogP contribution in [0.2, 0.25) is 0 Å². The van der Waals surface area contributed by atoms with E-state index in [1.807, 2.05) is 72.5 Å². The Kier molecular flexibility index (Phi) is 24.0. The maximum Gasteiger partial charge on any atom is 1.00 e. The third-order valence-corrected chi connectivity index (χ3v) is 9.87. The molecule has 0 saturated carbocycles. The van der Waals surface area contributed by atoms with Crippen molar-refractivity contribution >= 4 is 85.6 Å². The fraction of sp³-hybridized carbons (Fsp3) is 0.552. The van der Waals surface area contributed by atoms with Crippen LogP contribution in [0, 0.1) is 0 Å². The van der Waals surface area contributed by atoms with Gasteiger partial charge >= 0.3 is 152 Å². The fourth-order valence-corrected chi connectivity index (χ4v) is 4.98. The number of rotatable bonds is 7. The Labute approximate surface area is 426 Å². The first-order chi connectivity index (χ1) is 21.4. The Morgan fingerprint density at radius 1 is 0.735 bits per heavy atom. The molecule has 0 amide bonds. The van der Waals surface area contributed by atoms with Gasteiger partial charge in [-0.05, 0) is 95.5 Å². The Balaban J connectivity index is -0.000000726. The molecule has 0 atom stereocenters. The summed E-state index contributed by atoms with van der Waals surface area (Å²) in [4.78, 5) is 13.2. The quantitative estimate of drug-likeness (QED) is 0.0726. The number of benzene rings is 2. The van der Waals surface area contributed by atoms with Crippen LogP contribution in [0.5, 0.6) is 0 Å². The number of carbonyl (C=O) groups is 1. The molecular formula is C29H47B2Cs2IN2O11S2. The normalized spacial score (nSPS) is 17.9. The zero-order valence-electron chi connectivity index (χ0n) is 32.0. The number of halogens is 1. The number of nitrogens with one attached hydrogen (secondary N) is 1. The van der Waals surface area contributed by atoms with Crippen molar-refractivity contribution in [3.63, 3.8) is 0 Å². The molecule has 2 aromatic carbocycles. The van der Waals surface area contributed by atoms with Crippen LogP contribution in [0.3, 0.4) is 0 Å². The van der Waals surface area contributed by atoms with E-state index >= 15 is 0 Å². The van der Waals surface area contributed by atoms with Crippen molar-refractivity contribution in [1.29, 1.82) is 0 Å². The summed E-state index contributed by atoms with van der Waals surface area (Å²) in [6.07, 6.45) is 2.30. The zero-order chi connectivity index (χ0) is 36.6. The molecule has 4 rings (SSSR count). The predicted octanol–water partition coefficient (Wildman–Crippen LogP) is -3.65. The number of hydrogen-bond acceptors (Lipinski definition) is 11. The van der Waals surface area contributed by atoms with Gasteiger partial charge in [0.05, 0.1) is 40.6 Å². The van der Waals surface area contributed by atoms with Gasteiger partial charge in [0.1, 0.15) is 0 Å². The molecule has 2 aliphatic rings. The maximum absolute atomic E-state index is 11.5. The molecule has 2 saturated heterocycles. The molecule has 0 aromatic heterocycles. The van der Waals surface area contributed by atoms with Crippen molar-refractivity contribution in [3.8, 4) is 0 Å². The van der Waals surface area contributed by atoms with Crippen LogP contribution < -0.4 is 163 Å². The third kappa shape index (κ3) is 16.4. The molecule has 13 nitrogen and oxygen atoms in total. The van der Waals surface area contributed by atoms with E-state index in [4.69, 9.17) is 28.7 Å². The van der Waals surface area contributed by atoms with Gasteiger partial charge in [0.25, 0.3) is 6.47 Å². The van der Waals surface area contributed by atoms with Crippen LogP contribution >= 0.6 is 22.6 Å². The van der Waals surface area contributed by atoms with Crippen LogP contribution in [-0.2, 0) is 48.3 Å². The molecule has 2 fully saturated rings. The predicted molar refractivity (Wildman–Crippen MR) is 194 cm³/mol. The largest absolute Gasteiger partial charge is 1.00 e. The molecule has 266 valence electrons. The average Bonchev–Trinajstić information content (AvgIpc) is 3.32. The minimum Gasteiger partial charge on any atom is -1.00 e. The molecule has 0 unspecified atom stereocenters. The van der Waals surface area contributed by atoms with Crippen molar-refractivity contribution < 1.29 is 190 Å². The van der Waals surface area contributed by atoms with Crippen LogP contribution in [0.25, 0.3) is 0 Å². The fourth-order valence-electron chi connectivity index (χ4n) is 3.91. The second-order valence-electron chi connectivity index (χ2n) is 12.7. The van der Waals surface area contributed by atoms with Gasteiger partial charge < -0.3 is 30.2 Å². The first-order valence-electron chi connectivity index (χ1n) is 14.3. The summed E-state index contributed by atoms with van der Waals surface area (Å²) < 4.78 is 72.8. The second-order valence-corrected chi connectivity index (χ2v) is 16.4. The second kappa shape index (κ2) is 22.1. The van der Waals surface area contributed by atoms with Crippen LogP contribution in [0.15, 0.2) is 48.5 Å². The molecule has 20 heteroatoms. The minimum atomic E-state index is -3.26. The Bertz CT molecular complexity index is 1510. The van der Waals surface area contributed by atoms with Gasteiger partial charge in [-0.1, -0.05) is 46.9 Å². The molecule has 0 spiro atoms. The number of alkyl halides is 1. The SMILES string of the molecule is CC1(C)OB(c2ccc(NS(C)(=O)=O)cc2)OC1(C)C.CI.CN(c1ccc(B2OC(C)(C)C(C)(C)O2)cc1)S(C)(=O)=O.O=CO[O-].[Cs+].[Cs+].[H-]. The van der Waals surface area contributed by atoms with E-state index < -0.39 is 34.3 Å². The van der Waals surface area contributed by atoms with Gasteiger partial charge in [0, 0.05) is 12.7 Å². The van der Waals surface area contributed by atoms with E-state index in [2.05, 4.69) is 32.2 Å². The summed E-state index contributed by atoms with van der Waals surface area (Å²) in [5, 5.41) is 8.43. The van der Waals surface area contributed by atoms with E-state index in [0.717, 1.165) is 17.2 Å². The average molecular weight is 1080 g/mol. The molecule has 0 aliphatic carbocycles. The van der Waals surface area contributed by atoms with Gasteiger partial charge in [-0.15, -0.1) is 0 Å².